The SMILES string of the molecule is CCCOCCC1CCCC1(NC1CC1)C(=O)OC. The maximum atomic E-state index is 12.3. The standard InChI is InChI=1S/C15H27NO3/c1-3-10-19-11-8-12-5-4-9-15(12,14(17)18-2)16-13-6-7-13/h12-13,16H,3-11H2,1-2H3. The summed E-state index contributed by atoms with van der Waals surface area (Å²) in [7, 11) is 1.50. The Labute approximate surface area is 116 Å². The van der Waals surface area contributed by atoms with Crippen LogP contribution in [0, 0.1) is 5.92 Å². The first-order chi connectivity index (χ1) is 9.23. The van der Waals surface area contributed by atoms with Crippen LogP contribution in [0.5, 0.6) is 0 Å². The van der Waals surface area contributed by atoms with Gasteiger partial charge in [0.15, 0.2) is 0 Å². The molecule has 4 heteroatoms. The summed E-state index contributed by atoms with van der Waals surface area (Å²) in [6.07, 6.45) is 7.50. The highest BCUT2D eigenvalue weighted by Gasteiger charge is 2.51. The van der Waals surface area contributed by atoms with Crippen LogP contribution in [0.25, 0.3) is 0 Å². The van der Waals surface area contributed by atoms with Gasteiger partial charge in [-0.3, -0.25) is 10.1 Å². The number of methoxy groups -OCH3 is 1. The van der Waals surface area contributed by atoms with Gasteiger partial charge < -0.3 is 9.47 Å². The molecule has 2 rings (SSSR count). The first kappa shape index (κ1) is 14.8. The first-order valence-corrected chi connectivity index (χ1v) is 7.66. The molecule has 0 spiro atoms. The average Bonchev–Trinajstić information content (AvgIpc) is 3.14. The van der Waals surface area contributed by atoms with E-state index in [1.165, 1.54) is 20.0 Å². The Hall–Kier alpha value is -0.610. The van der Waals surface area contributed by atoms with Gasteiger partial charge in [-0.2, -0.15) is 0 Å². The van der Waals surface area contributed by atoms with E-state index >= 15 is 0 Å². The van der Waals surface area contributed by atoms with Crippen molar-refractivity contribution in [3.05, 3.63) is 0 Å². The van der Waals surface area contributed by atoms with Gasteiger partial charge in [0.1, 0.15) is 5.54 Å². The molecular weight excluding hydrogens is 242 g/mol. The Bertz CT molecular complexity index is 304. The van der Waals surface area contributed by atoms with Crippen LogP contribution in [-0.2, 0) is 14.3 Å². The van der Waals surface area contributed by atoms with Crippen LogP contribution < -0.4 is 5.32 Å². The highest BCUT2D eigenvalue weighted by Crippen LogP contribution is 2.41. The highest BCUT2D eigenvalue weighted by atomic mass is 16.5. The summed E-state index contributed by atoms with van der Waals surface area (Å²) in [6.45, 7) is 3.68. The topological polar surface area (TPSA) is 47.6 Å². The molecule has 2 aliphatic rings. The number of carbonyl (C=O) groups is 1. The fraction of sp³-hybridized carbons (Fsp3) is 0.933. The van der Waals surface area contributed by atoms with Crippen molar-refractivity contribution < 1.29 is 14.3 Å². The number of hydrogen-bond acceptors (Lipinski definition) is 4. The van der Waals surface area contributed by atoms with Gasteiger partial charge >= 0.3 is 5.97 Å². The molecule has 1 N–H and O–H groups in total. The van der Waals surface area contributed by atoms with E-state index in [-0.39, 0.29) is 5.97 Å². The van der Waals surface area contributed by atoms with Gasteiger partial charge in [-0.1, -0.05) is 13.3 Å². The zero-order valence-corrected chi connectivity index (χ0v) is 12.2. The predicted octanol–water partition coefficient (Wildman–Crippen LogP) is 2.27. The van der Waals surface area contributed by atoms with E-state index in [9.17, 15) is 4.79 Å². The Morgan fingerprint density at radius 2 is 2.11 bits per heavy atom. The number of rotatable bonds is 8. The van der Waals surface area contributed by atoms with Crippen molar-refractivity contribution >= 4 is 5.97 Å². The summed E-state index contributed by atoms with van der Waals surface area (Å²) >= 11 is 0. The number of carbonyl (C=O) groups excluding carboxylic acids is 1. The van der Waals surface area contributed by atoms with Crippen molar-refractivity contribution in [2.24, 2.45) is 5.92 Å². The third-order valence-electron chi connectivity index (χ3n) is 4.37. The maximum absolute atomic E-state index is 12.3. The lowest BCUT2D eigenvalue weighted by molar-refractivity contribution is -0.150. The molecule has 0 aromatic carbocycles. The lowest BCUT2D eigenvalue weighted by atomic mass is 9.84. The number of hydrogen-bond donors (Lipinski definition) is 1. The molecular formula is C15H27NO3. The first-order valence-electron chi connectivity index (χ1n) is 7.66. The lowest BCUT2D eigenvalue weighted by Gasteiger charge is -2.34. The summed E-state index contributed by atoms with van der Waals surface area (Å²) in [5, 5.41) is 3.58. The maximum Gasteiger partial charge on any atom is 0.326 e. The average molecular weight is 269 g/mol. The van der Waals surface area contributed by atoms with E-state index in [4.69, 9.17) is 9.47 Å². The fourth-order valence-corrected chi connectivity index (χ4v) is 3.23. The molecule has 2 unspecified atom stereocenters. The molecule has 0 aliphatic heterocycles. The van der Waals surface area contributed by atoms with E-state index in [2.05, 4.69) is 12.2 Å². The summed E-state index contributed by atoms with van der Waals surface area (Å²) < 4.78 is 10.7. The lowest BCUT2D eigenvalue weighted by Crippen LogP contribution is -2.56. The van der Waals surface area contributed by atoms with Crippen LogP contribution >= 0.6 is 0 Å². The molecule has 0 aromatic rings. The zero-order valence-electron chi connectivity index (χ0n) is 12.2. The minimum atomic E-state index is -0.439. The molecule has 110 valence electrons. The minimum Gasteiger partial charge on any atom is -0.468 e. The van der Waals surface area contributed by atoms with Crippen molar-refractivity contribution in [2.45, 2.75) is 63.5 Å². The summed E-state index contributed by atoms with van der Waals surface area (Å²) in [5.41, 5.74) is -0.439. The Morgan fingerprint density at radius 1 is 1.32 bits per heavy atom. The Kier molecular flexibility index (Phi) is 5.22. The molecule has 0 heterocycles. The van der Waals surface area contributed by atoms with Gasteiger partial charge in [0.05, 0.1) is 7.11 Å². The molecule has 2 atom stereocenters. The van der Waals surface area contributed by atoms with Gasteiger partial charge in [-0.15, -0.1) is 0 Å². The molecule has 0 bridgehead atoms. The van der Waals surface area contributed by atoms with E-state index in [1.54, 1.807) is 0 Å². The minimum absolute atomic E-state index is 0.0719. The van der Waals surface area contributed by atoms with Crippen LogP contribution in [0.2, 0.25) is 0 Å². The van der Waals surface area contributed by atoms with Crippen molar-refractivity contribution in [2.75, 3.05) is 20.3 Å². The van der Waals surface area contributed by atoms with Crippen molar-refractivity contribution in [3.63, 3.8) is 0 Å². The Morgan fingerprint density at radius 3 is 2.74 bits per heavy atom. The molecule has 2 saturated carbocycles. The van der Waals surface area contributed by atoms with Crippen LogP contribution in [-0.4, -0.2) is 37.9 Å². The normalized spacial score (nSPS) is 30.5. The molecule has 0 saturated heterocycles. The van der Waals surface area contributed by atoms with Crippen LogP contribution in [0.15, 0.2) is 0 Å². The van der Waals surface area contributed by atoms with Crippen molar-refractivity contribution in [3.8, 4) is 0 Å². The van der Waals surface area contributed by atoms with E-state index < -0.39 is 5.54 Å². The molecule has 0 aromatic heterocycles. The van der Waals surface area contributed by atoms with Gasteiger partial charge in [0.2, 0.25) is 0 Å². The molecule has 19 heavy (non-hydrogen) atoms. The fourth-order valence-electron chi connectivity index (χ4n) is 3.23. The van der Waals surface area contributed by atoms with E-state index in [1.807, 2.05) is 0 Å². The van der Waals surface area contributed by atoms with E-state index in [0.717, 1.165) is 45.3 Å². The quantitative estimate of drug-likeness (QED) is 0.542. The monoisotopic (exact) mass is 269 g/mol. The molecule has 0 amide bonds. The summed E-state index contributed by atoms with van der Waals surface area (Å²) in [5.74, 6) is 0.287. The molecule has 2 aliphatic carbocycles. The number of esters is 1. The summed E-state index contributed by atoms with van der Waals surface area (Å²) in [6, 6.07) is 0.524. The molecule has 0 radical (unpaired) electrons. The van der Waals surface area contributed by atoms with Gasteiger partial charge in [-0.25, -0.2) is 0 Å². The third-order valence-corrected chi connectivity index (χ3v) is 4.37. The van der Waals surface area contributed by atoms with Crippen LogP contribution in [0.3, 0.4) is 0 Å². The number of ether oxygens (including phenoxy) is 2. The zero-order chi connectivity index (χ0) is 13.7. The van der Waals surface area contributed by atoms with Gasteiger partial charge in [-0.05, 0) is 44.4 Å². The smallest absolute Gasteiger partial charge is 0.326 e. The second kappa shape index (κ2) is 6.71. The molecule has 4 nitrogen and oxygen atoms in total. The van der Waals surface area contributed by atoms with Crippen LogP contribution in [0.1, 0.15) is 51.9 Å². The van der Waals surface area contributed by atoms with Crippen molar-refractivity contribution in [1.29, 1.82) is 0 Å². The molecule has 2 fully saturated rings. The largest absolute Gasteiger partial charge is 0.468 e. The van der Waals surface area contributed by atoms with Crippen LogP contribution in [0.4, 0.5) is 0 Å². The van der Waals surface area contributed by atoms with Crippen molar-refractivity contribution in [1.82, 2.24) is 5.32 Å². The second-order valence-electron chi connectivity index (χ2n) is 5.87. The van der Waals surface area contributed by atoms with E-state index in [0.29, 0.717) is 12.0 Å². The third kappa shape index (κ3) is 3.48. The highest BCUT2D eigenvalue weighted by molar-refractivity contribution is 5.81. The van der Waals surface area contributed by atoms with Gasteiger partial charge in [0.25, 0.3) is 0 Å². The summed E-state index contributed by atoms with van der Waals surface area (Å²) in [4.78, 5) is 12.3. The number of nitrogens with one attached hydrogen (secondary N) is 1. The predicted molar refractivity (Wildman–Crippen MR) is 74.0 cm³/mol. The Balaban J connectivity index is 1.95. The van der Waals surface area contributed by atoms with Gasteiger partial charge in [0, 0.05) is 19.3 Å². The second-order valence-corrected chi connectivity index (χ2v) is 5.87.